The van der Waals surface area contributed by atoms with Crippen molar-refractivity contribution in [3.8, 4) is 5.75 Å². The zero-order chi connectivity index (χ0) is 25.7. The molecule has 0 radical (unpaired) electrons. The van der Waals surface area contributed by atoms with Crippen LogP contribution >= 0.6 is 39.9 Å². The second-order valence-corrected chi connectivity index (χ2v) is 10.6. The number of hydrogen-bond donors (Lipinski definition) is 0. The Morgan fingerprint density at radius 1 is 1.11 bits per heavy atom. The third-order valence-electron chi connectivity index (χ3n) is 5.61. The van der Waals surface area contributed by atoms with Crippen LogP contribution < -0.4 is 4.74 Å². The highest BCUT2D eigenvalue weighted by molar-refractivity contribution is 9.10. The minimum absolute atomic E-state index is 0.201. The first kappa shape index (κ1) is 26.1. The molecule has 3 aromatic rings. The molecule has 1 heterocycles. The maximum atomic E-state index is 13.6. The minimum atomic E-state index is -0.955. The summed E-state index contributed by atoms with van der Waals surface area (Å²) in [5, 5.41) is 0. The van der Waals surface area contributed by atoms with Crippen LogP contribution in [0.4, 0.5) is 0 Å². The molecule has 3 aromatic carbocycles. The molecule has 4 rings (SSSR count). The van der Waals surface area contributed by atoms with Crippen LogP contribution in [0.5, 0.6) is 5.75 Å². The van der Waals surface area contributed by atoms with E-state index in [0.717, 1.165) is 32.9 Å². The van der Waals surface area contributed by atoms with E-state index in [0.29, 0.717) is 27.1 Å². The molecule has 1 amide bonds. The predicted octanol–water partition coefficient (Wildman–Crippen LogP) is 6.84. The molecule has 0 N–H and O–H groups in total. The van der Waals surface area contributed by atoms with Crippen molar-refractivity contribution in [2.24, 2.45) is 0 Å². The van der Waals surface area contributed by atoms with Gasteiger partial charge in [-0.25, -0.2) is 4.79 Å². The van der Waals surface area contributed by atoms with Crippen LogP contribution in [-0.4, -0.2) is 27.7 Å². The Morgan fingerprint density at radius 3 is 2.56 bits per heavy atom. The van der Waals surface area contributed by atoms with Crippen LogP contribution in [0.3, 0.4) is 0 Å². The van der Waals surface area contributed by atoms with Gasteiger partial charge >= 0.3 is 5.97 Å². The third-order valence-corrected chi connectivity index (χ3v) is 7.43. The molecule has 8 heteroatoms. The fraction of sp³-hybridized carbons (Fsp3) is 0.179. The summed E-state index contributed by atoms with van der Waals surface area (Å²) >= 11 is 10.2. The van der Waals surface area contributed by atoms with E-state index in [1.807, 2.05) is 67.6 Å². The van der Waals surface area contributed by atoms with E-state index in [9.17, 15) is 9.59 Å². The summed E-state index contributed by atoms with van der Waals surface area (Å²) in [5.74, 6) is -0.237. The lowest BCUT2D eigenvalue weighted by Crippen LogP contribution is -2.38. The molecular formula is C28H24BrNO4S2. The summed E-state index contributed by atoms with van der Waals surface area (Å²) in [6.45, 7) is 4.37. The van der Waals surface area contributed by atoms with Crippen molar-refractivity contribution in [3.63, 3.8) is 0 Å². The molecule has 0 aromatic heterocycles. The summed E-state index contributed by atoms with van der Waals surface area (Å²) in [5.41, 5.74) is 3.59. The molecule has 1 fully saturated rings. The molecule has 36 heavy (non-hydrogen) atoms. The first-order valence-corrected chi connectivity index (χ1v) is 13.4. The number of thiocarbonyl (C=S) groups is 1. The van der Waals surface area contributed by atoms with Gasteiger partial charge in [-0.2, -0.15) is 0 Å². The van der Waals surface area contributed by atoms with E-state index in [4.69, 9.17) is 21.7 Å². The first-order chi connectivity index (χ1) is 17.4. The van der Waals surface area contributed by atoms with Gasteiger partial charge in [-0.3, -0.25) is 9.69 Å². The van der Waals surface area contributed by atoms with Crippen LogP contribution in [0.1, 0.15) is 35.2 Å². The monoisotopic (exact) mass is 581 g/mol. The molecule has 0 saturated carbocycles. The molecule has 1 unspecified atom stereocenters. The number of carbonyl (C=O) groups is 2. The second-order valence-electron chi connectivity index (χ2n) is 8.01. The van der Waals surface area contributed by atoms with Crippen LogP contribution in [0.2, 0.25) is 0 Å². The van der Waals surface area contributed by atoms with Gasteiger partial charge in [-0.1, -0.05) is 94.5 Å². The molecule has 1 aliphatic heterocycles. The number of esters is 1. The standard InChI is InChI=1S/C28H24BrNO4S2/c1-3-33-27(32)25(19-10-5-4-6-11-19)30-26(31)24(36-28(30)35)16-21-15-22(29)13-14-23(21)34-17-20-12-8-7-9-18(20)2/h4-16,25H,3,17H2,1-2H3/b24-16+. The highest BCUT2D eigenvalue weighted by atomic mass is 79.9. The fourth-order valence-electron chi connectivity index (χ4n) is 3.78. The molecular weight excluding hydrogens is 558 g/mol. The van der Waals surface area contributed by atoms with Crippen molar-refractivity contribution in [2.45, 2.75) is 26.5 Å². The number of halogens is 1. The van der Waals surface area contributed by atoms with Crippen molar-refractivity contribution >= 4 is 62.2 Å². The fourth-order valence-corrected chi connectivity index (χ4v) is 5.46. The highest BCUT2D eigenvalue weighted by Crippen LogP contribution is 2.40. The number of ether oxygens (including phenoxy) is 2. The molecule has 0 spiro atoms. The number of hydrogen-bond acceptors (Lipinski definition) is 6. The van der Waals surface area contributed by atoms with Gasteiger partial charge in [0.05, 0.1) is 11.5 Å². The van der Waals surface area contributed by atoms with Gasteiger partial charge in [0.2, 0.25) is 0 Å². The van der Waals surface area contributed by atoms with E-state index in [-0.39, 0.29) is 12.5 Å². The lowest BCUT2D eigenvalue weighted by molar-refractivity contribution is -0.151. The maximum Gasteiger partial charge on any atom is 0.333 e. The van der Waals surface area contributed by atoms with Crippen LogP contribution in [-0.2, 0) is 20.9 Å². The summed E-state index contributed by atoms with van der Waals surface area (Å²) in [7, 11) is 0. The predicted molar refractivity (Wildman–Crippen MR) is 150 cm³/mol. The summed E-state index contributed by atoms with van der Waals surface area (Å²) in [6.07, 6.45) is 1.75. The Hall–Kier alpha value is -2.94. The second kappa shape index (κ2) is 11.9. The van der Waals surface area contributed by atoms with Crippen molar-refractivity contribution in [2.75, 3.05) is 6.61 Å². The number of thioether (sulfide) groups is 1. The molecule has 1 saturated heterocycles. The lowest BCUT2D eigenvalue weighted by Gasteiger charge is -2.25. The quantitative estimate of drug-likeness (QED) is 0.165. The maximum absolute atomic E-state index is 13.6. The van der Waals surface area contributed by atoms with E-state index >= 15 is 0 Å². The number of carbonyl (C=O) groups excluding carboxylic acids is 2. The third kappa shape index (κ3) is 5.88. The number of amides is 1. The molecule has 1 aliphatic rings. The van der Waals surface area contributed by atoms with Gasteiger partial charge in [0.25, 0.3) is 5.91 Å². The van der Waals surface area contributed by atoms with E-state index in [1.165, 1.54) is 4.90 Å². The van der Waals surface area contributed by atoms with Crippen LogP contribution in [0.25, 0.3) is 6.08 Å². The Labute approximate surface area is 228 Å². The van der Waals surface area contributed by atoms with E-state index in [2.05, 4.69) is 15.9 Å². The summed E-state index contributed by atoms with van der Waals surface area (Å²) < 4.78 is 12.6. The van der Waals surface area contributed by atoms with E-state index < -0.39 is 12.0 Å². The summed E-state index contributed by atoms with van der Waals surface area (Å²) in [4.78, 5) is 28.2. The Morgan fingerprint density at radius 2 is 1.83 bits per heavy atom. The largest absolute Gasteiger partial charge is 0.488 e. The normalized spacial score (nSPS) is 15.3. The Kier molecular flexibility index (Phi) is 8.61. The van der Waals surface area contributed by atoms with Crippen molar-refractivity contribution < 1.29 is 19.1 Å². The SMILES string of the molecule is CCOC(=O)C(c1ccccc1)N1C(=O)/C(=C\c2cc(Br)ccc2OCc2ccccc2C)SC1=S. The van der Waals surface area contributed by atoms with Crippen molar-refractivity contribution in [1.29, 1.82) is 0 Å². The molecule has 5 nitrogen and oxygen atoms in total. The molecule has 184 valence electrons. The zero-order valence-corrected chi connectivity index (χ0v) is 23.0. The highest BCUT2D eigenvalue weighted by Gasteiger charge is 2.42. The van der Waals surface area contributed by atoms with Gasteiger partial charge in [0.15, 0.2) is 6.04 Å². The Bertz CT molecular complexity index is 1330. The number of aryl methyl sites for hydroxylation is 1. The number of rotatable bonds is 8. The van der Waals surface area contributed by atoms with Crippen LogP contribution in [0.15, 0.2) is 82.2 Å². The topological polar surface area (TPSA) is 55.8 Å². The van der Waals surface area contributed by atoms with Gasteiger partial charge in [0.1, 0.15) is 16.7 Å². The summed E-state index contributed by atoms with van der Waals surface area (Å²) in [6, 6.07) is 21.8. The average molecular weight is 583 g/mol. The van der Waals surface area contributed by atoms with Gasteiger partial charge < -0.3 is 9.47 Å². The molecule has 1 atom stereocenters. The zero-order valence-electron chi connectivity index (χ0n) is 19.8. The van der Waals surface area contributed by atoms with Gasteiger partial charge in [-0.15, -0.1) is 0 Å². The molecule has 0 bridgehead atoms. The van der Waals surface area contributed by atoms with Crippen LogP contribution in [0, 0.1) is 6.92 Å². The minimum Gasteiger partial charge on any atom is -0.488 e. The number of nitrogens with zero attached hydrogens (tertiary/aromatic N) is 1. The van der Waals surface area contributed by atoms with Crippen molar-refractivity contribution in [1.82, 2.24) is 4.90 Å². The molecule has 0 aliphatic carbocycles. The van der Waals surface area contributed by atoms with Gasteiger partial charge in [-0.05, 0) is 54.8 Å². The number of benzene rings is 3. The average Bonchev–Trinajstić information content (AvgIpc) is 3.13. The Balaban J connectivity index is 1.65. The lowest BCUT2D eigenvalue weighted by atomic mass is 10.1. The smallest absolute Gasteiger partial charge is 0.333 e. The van der Waals surface area contributed by atoms with Gasteiger partial charge in [0, 0.05) is 10.0 Å². The first-order valence-electron chi connectivity index (χ1n) is 11.3. The van der Waals surface area contributed by atoms with Crippen molar-refractivity contribution in [3.05, 3.63) is 104 Å². The van der Waals surface area contributed by atoms with E-state index in [1.54, 1.807) is 25.1 Å².